The van der Waals surface area contributed by atoms with Crippen LogP contribution in [0.3, 0.4) is 0 Å². The monoisotopic (exact) mass is 609 g/mol. The van der Waals surface area contributed by atoms with Gasteiger partial charge in [0.15, 0.2) is 5.82 Å². The molecule has 1 fully saturated rings. The fourth-order valence-corrected chi connectivity index (χ4v) is 5.73. The maximum absolute atomic E-state index is 4.66. The van der Waals surface area contributed by atoms with Gasteiger partial charge >= 0.3 is 0 Å². The van der Waals surface area contributed by atoms with Gasteiger partial charge in [-0.05, 0) is 57.5 Å². The Morgan fingerprint density at radius 1 is 1.09 bits per heavy atom. The molecule has 2 atom stereocenters. The van der Waals surface area contributed by atoms with Gasteiger partial charge in [0.05, 0.1) is 29.7 Å². The van der Waals surface area contributed by atoms with Crippen LogP contribution < -0.4 is 10.6 Å². The lowest BCUT2D eigenvalue weighted by Crippen LogP contribution is -2.43. The lowest BCUT2D eigenvalue weighted by atomic mass is 9.99. The minimum Gasteiger partial charge on any atom is -0.387 e. The fourth-order valence-electron chi connectivity index (χ4n) is 5.73. The minimum absolute atomic E-state index is 0.152. The van der Waals surface area contributed by atoms with Gasteiger partial charge in [-0.3, -0.25) is 9.89 Å². The van der Waals surface area contributed by atoms with E-state index < -0.39 is 0 Å². The molecule has 4 rings (SSSR count). The highest BCUT2D eigenvalue weighted by atomic mass is 15.2. The summed E-state index contributed by atoms with van der Waals surface area (Å²) in [7, 11) is 2.16. The number of aromatic nitrogens is 4. The Bertz CT molecular complexity index is 1440. The Kier molecular flexibility index (Phi) is 12.1. The lowest BCUT2D eigenvalue weighted by Gasteiger charge is -2.35. The predicted octanol–water partition coefficient (Wildman–Crippen LogP) is 6.65. The Labute approximate surface area is 269 Å². The second kappa shape index (κ2) is 16.2. The van der Waals surface area contributed by atoms with Crippen LogP contribution in [0.2, 0.25) is 0 Å². The molecule has 45 heavy (non-hydrogen) atoms. The summed E-state index contributed by atoms with van der Waals surface area (Å²) in [6.45, 7) is 24.7. The van der Waals surface area contributed by atoms with Crippen LogP contribution in [0.4, 0.5) is 0 Å². The van der Waals surface area contributed by atoms with Crippen molar-refractivity contribution in [1.82, 2.24) is 40.4 Å². The van der Waals surface area contributed by atoms with Crippen molar-refractivity contribution in [1.29, 1.82) is 0 Å². The van der Waals surface area contributed by atoms with Crippen LogP contribution in [-0.2, 0) is 0 Å². The SMILES string of the molecule is C=N/C(=C\NCCN(CCC)C(=C)[C@@H](NC(=C)CC)C(C)C)c1cnc(-c2ccc(-c3cnc([C@@H]4CCCN4C)[nH]3)cc2)nc1. The van der Waals surface area contributed by atoms with E-state index in [2.05, 4.69) is 112 Å². The molecule has 0 amide bonds. The van der Waals surface area contributed by atoms with Crippen molar-refractivity contribution in [2.45, 2.75) is 65.5 Å². The third-order valence-electron chi connectivity index (χ3n) is 8.48. The number of benzene rings is 1. The number of aromatic amines is 1. The van der Waals surface area contributed by atoms with Crippen LogP contribution in [-0.4, -0.2) is 75.7 Å². The first-order valence-corrected chi connectivity index (χ1v) is 16.2. The third kappa shape index (κ3) is 8.69. The molecule has 0 unspecified atom stereocenters. The van der Waals surface area contributed by atoms with E-state index in [1.165, 1.54) is 6.42 Å². The maximum Gasteiger partial charge on any atom is 0.159 e. The highest BCUT2D eigenvalue weighted by molar-refractivity contribution is 5.68. The number of nitrogens with one attached hydrogen (secondary N) is 3. The van der Waals surface area contributed by atoms with Gasteiger partial charge in [0.2, 0.25) is 0 Å². The van der Waals surface area contributed by atoms with Gasteiger partial charge in [0, 0.05) is 60.7 Å². The largest absolute Gasteiger partial charge is 0.387 e. The van der Waals surface area contributed by atoms with Crippen molar-refractivity contribution in [2.24, 2.45) is 10.9 Å². The molecular formula is C36H51N9. The molecule has 1 aliphatic heterocycles. The Hall–Kier alpha value is -4.24. The topological polar surface area (TPSA) is 97.4 Å². The van der Waals surface area contributed by atoms with Crippen LogP contribution in [0.15, 0.2) is 78.6 Å². The second-order valence-corrected chi connectivity index (χ2v) is 12.1. The van der Waals surface area contributed by atoms with Crippen LogP contribution >= 0.6 is 0 Å². The van der Waals surface area contributed by atoms with Gasteiger partial charge in [-0.15, -0.1) is 0 Å². The molecule has 0 bridgehead atoms. The van der Waals surface area contributed by atoms with Crippen LogP contribution in [0.1, 0.15) is 70.8 Å². The summed E-state index contributed by atoms with van der Waals surface area (Å²) in [6, 6.07) is 8.78. The van der Waals surface area contributed by atoms with Crippen LogP contribution in [0, 0.1) is 5.92 Å². The normalized spacial score (nSPS) is 16.0. The molecule has 3 heterocycles. The van der Waals surface area contributed by atoms with Crippen molar-refractivity contribution in [3.05, 3.63) is 85.0 Å². The number of H-pyrrole nitrogens is 1. The number of nitrogens with zero attached hydrogens (tertiary/aromatic N) is 6. The number of imidazole rings is 1. The van der Waals surface area contributed by atoms with Crippen molar-refractivity contribution in [2.75, 3.05) is 33.2 Å². The molecule has 1 aliphatic rings. The van der Waals surface area contributed by atoms with E-state index in [9.17, 15) is 0 Å². The molecule has 0 radical (unpaired) electrons. The molecule has 1 aromatic carbocycles. The summed E-state index contributed by atoms with van der Waals surface area (Å²) in [6.07, 6.45) is 11.7. The van der Waals surface area contributed by atoms with Crippen molar-refractivity contribution in [3.8, 4) is 22.6 Å². The third-order valence-corrected chi connectivity index (χ3v) is 8.48. The molecule has 240 valence electrons. The van der Waals surface area contributed by atoms with Gasteiger partial charge in [0.1, 0.15) is 5.82 Å². The summed E-state index contributed by atoms with van der Waals surface area (Å²) < 4.78 is 0. The summed E-state index contributed by atoms with van der Waals surface area (Å²) in [5, 5.41) is 6.98. The van der Waals surface area contributed by atoms with Crippen molar-refractivity contribution in [3.63, 3.8) is 0 Å². The van der Waals surface area contributed by atoms with Gasteiger partial charge < -0.3 is 20.5 Å². The molecule has 0 spiro atoms. The standard InChI is InChI=1S/C36H51N9/c1-9-18-45(27(6)34(25(3)4)42-26(5)10-2)20-17-38-23-31(37-7)30-21-39-35(40-22-30)29-15-13-28(14-16-29)32-24-41-36(43-32)33-12-11-19-44(33)8/h13-16,21-25,33-34,38,42H,5-7,9-12,17-20H2,1-4,8H3,(H,41,43)/b31-23-/t33-,34-/m0/s1. The van der Waals surface area contributed by atoms with Gasteiger partial charge in [-0.2, -0.15) is 0 Å². The molecule has 0 aliphatic carbocycles. The first-order valence-electron chi connectivity index (χ1n) is 16.2. The van der Waals surface area contributed by atoms with E-state index in [4.69, 9.17) is 0 Å². The minimum atomic E-state index is 0.152. The molecule has 2 aromatic heterocycles. The Morgan fingerprint density at radius 2 is 1.80 bits per heavy atom. The molecule has 3 aromatic rings. The van der Waals surface area contributed by atoms with Gasteiger partial charge in [0.25, 0.3) is 0 Å². The number of likely N-dealkylation sites (tertiary alicyclic amines) is 1. The summed E-state index contributed by atoms with van der Waals surface area (Å²) in [5.41, 5.74) is 6.69. The summed E-state index contributed by atoms with van der Waals surface area (Å²) in [5.74, 6) is 2.10. The number of allylic oxidation sites excluding steroid dienone is 1. The zero-order valence-electron chi connectivity index (χ0n) is 27.8. The number of hydrogen-bond donors (Lipinski definition) is 3. The van der Waals surface area contributed by atoms with E-state index in [1.54, 1.807) is 12.4 Å². The fraction of sp³-hybridized carbons (Fsp3) is 0.444. The van der Waals surface area contributed by atoms with Crippen LogP contribution in [0.25, 0.3) is 28.3 Å². The zero-order valence-corrected chi connectivity index (χ0v) is 27.8. The summed E-state index contributed by atoms with van der Waals surface area (Å²) in [4.78, 5) is 26.4. The average molecular weight is 610 g/mol. The smallest absolute Gasteiger partial charge is 0.159 e. The lowest BCUT2D eigenvalue weighted by molar-refractivity contribution is 0.293. The quantitative estimate of drug-likeness (QED) is 0.116. The van der Waals surface area contributed by atoms with Crippen LogP contribution in [0.5, 0.6) is 0 Å². The number of rotatable bonds is 17. The average Bonchev–Trinajstić information content (AvgIpc) is 3.72. The van der Waals surface area contributed by atoms with Crippen molar-refractivity contribution < 1.29 is 0 Å². The highest BCUT2D eigenvalue weighted by Gasteiger charge is 2.25. The molecule has 9 heteroatoms. The number of aliphatic imine (C=N–C) groups is 1. The molecule has 0 saturated carbocycles. The van der Waals surface area contributed by atoms with E-state index in [1.807, 2.05) is 24.5 Å². The molecule has 1 saturated heterocycles. The van der Waals surface area contributed by atoms with E-state index in [0.717, 1.165) is 85.0 Å². The maximum atomic E-state index is 4.66. The van der Waals surface area contributed by atoms with E-state index in [0.29, 0.717) is 23.5 Å². The second-order valence-electron chi connectivity index (χ2n) is 12.1. The molecule has 3 N–H and O–H groups in total. The van der Waals surface area contributed by atoms with E-state index in [-0.39, 0.29) is 6.04 Å². The van der Waals surface area contributed by atoms with Gasteiger partial charge in [-0.1, -0.05) is 65.1 Å². The predicted molar refractivity (Wildman–Crippen MR) is 187 cm³/mol. The van der Waals surface area contributed by atoms with Gasteiger partial charge in [-0.25, -0.2) is 15.0 Å². The Morgan fingerprint density at radius 3 is 2.40 bits per heavy atom. The zero-order chi connectivity index (χ0) is 32.3. The molecular weight excluding hydrogens is 558 g/mol. The number of hydrogen-bond acceptors (Lipinski definition) is 8. The summed E-state index contributed by atoms with van der Waals surface area (Å²) >= 11 is 0. The van der Waals surface area contributed by atoms with Crippen molar-refractivity contribution >= 4 is 12.4 Å². The van der Waals surface area contributed by atoms with E-state index >= 15 is 0 Å². The Balaban J connectivity index is 1.35. The first-order chi connectivity index (χ1) is 21.7. The highest BCUT2D eigenvalue weighted by Crippen LogP contribution is 2.30. The first kappa shape index (κ1) is 33.6. The molecule has 9 nitrogen and oxygen atoms in total.